The van der Waals surface area contributed by atoms with E-state index in [2.05, 4.69) is 104 Å². The Morgan fingerprint density at radius 3 is 1.10 bits per heavy atom. The Kier molecular flexibility index (Phi) is 6.72. The average molecular weight is 486 g/mol. The second-order valence-corrected chi connectivity index (χ2v) is 29.0. The third kappa shape index (κ3) is 4.16. The monoisotopic (exact) mass is 484 g/mol. The summed E-state index contributed by atoms with van der Waals surface area (Å²) in [7, 11) is -5.54. The number of rotatable bonds is 6. The standard InChI is InChI=1S/C24H42Cl2Si3/c1-17(2)19-13-21(27(5,6)7)23(25,15-19)29(11,12)24(26)16-20(18(3)4)14-22(24)28(8,9)10/h13-18H,1-12H3. The minimum absolute atomic E-state index is 0.430. The number of hydrogen-bond donors (Lipinski definition) is 0. The number of halogens is 2. The van der Waals surface area contributed by atoms with Gasteiger partial charge in [0, 0.05) is 0 Å². The fourth-order valence-corrected chi connectivity index (χ4v) is 18.6. The van der Waals surface area contributed by atoms with Gasteiger partial charge in [0.25, 0.3) is 0 Å². The van der Waals surface area contributed by atoms with Crippen LogP contribution in [0.3, 0.4) is 0 Å². The van der Waals surface area contributed by atoms with Gasteiger partial charge in [-0.2, -0.15) is 0 Å². The maximum absolute atomic E-state index is 7.79. The lowest BCUT2D eigenvalue weighted by molar-refractivity contribution is 0.790. The number of alkyl halides is 2. The second kappa shape index (κ2) is 7.65. The van der Waals surface area contributed by atoms with Crippen LogP contribution in [0.1, 0.15) is 27.7 Å². The average Bonchev–Trinajstić information content (AvgIpc) is 3.07. The van der Waals surface area contributed by atoms with Crippen molar-refractivity contribution in [1.82, 2.24) is 0 Å². The Balaban J connectivity index is 2.78. The molecule has 0 radical (unpaired) electrons. The van der Waals surface area contributed by atoms with Crippen LogP contribution in [0, 0.1) is 11.8 Å². The SMILES string of the molecule is CC(C)C1=CC(Cl)([Si](C)(C)C2(Cl)C=C(C(C)C)C=C2[Si](C)(C)C)C([Si](C)(C)C)=C1. The van der Waals surface area contributed by atoms with Gasteiger partial charge in [-0.1, -0.05) is 115 Å². The lowest BCUT2D eigenvalue weighted by Gasteiger charge is -2.51. The molecule has 0 saturated carbocycles. The zero-order chi connectivity index (χ0) is 22.8. The van der Waals surface area contributed by atoms with Gasteiger partial charge in [0.2, 0.25) is 0 Å². The van der Waals surface area contributed by atoms with Crippen molar-refractivity contribution in [3.05, 3.63) is 45.8 Å². The fraction of sp³-hybridized carbons (Fsp3) is 0.667. The number of hydrogen-bond acceptors (Lipinski definition) is 0. The van der Waals surface area contributed by atoms with Crippen molar-refractivity contribution < 1.29 is 0 Å². The van der Waals surface area contributed by atoms with Gasteiger partial charge >= 0.3 is 0 Å². The van der Waals surface area contributed by atoms with Gasteiger partial charge in [-0.15, -0.1) is 23.2 Å². The Labute approximate surface area is 193 Å². The first-order chi connectivity index (χ1) is 12.8. The first-order valence-electron chi connectivity index (χ1n) is 11.1. The third-order valence-electron chi connectivity index (χ3n) is 6.91. The van der Waals surface area contributed by atoms with Gasteiger partial charge < -0.3 is 0 Å². The van der Waals surface area contributed by atoms with E-state index >= 15 is 0 Å². The largest absolute Gasteiger partial charge is 0.114 e. The van der Waals surface area contributed by atoms with Crippen LogP contribution in [0.2, 0.25) is 52.4 Å². The van der Waals surface area contributed by atoms with Gasteiger partial charge in [0.1, 0.15) is 8.07 Å². The van der Waals surface area contributed by atoms with Gasteiger partial charge in [-0.3, -0.25) is 0 Å². The van der Waals surface area contributed by atoms with E-state index in [0.717, 1.165) is 0 Å². The summed E-state index contributed by atoms with van der Waals surface area (Å²) in [5.41, 5.74) is 2.78. The van der Waals surface area contributed by atoms with Gasteiger partial charge in [0.15, 0.2) is 0 Å². The minimum Gasteiger partial charge on any atom is -0.114 e. The molecular weight excluding hydrogens is 443 g/mol. The summed E-state index contributed by atoms with van der Waals surface area (Å²) in [4.78, 5) is 0. The quantitative estimate of drug-likeness (QED) is 0.261. The van der Waals surface area contributed by atoms with E-state index in [1.54, 1.807) is 0 Å². The summed E-state index contributed by atoms with van der Waals surface area (Å²) in [5.74, 6) is 0.964. The fourth-order valence-electron chi connectivity index (χ4n) is 4.73. The Morgan fingerprint density at radius 1 is 0.621 bits per heavy atom. The van der Waals surface area contributed by atoms with Crippen LogP contribution < -0.4 is 0 Å². The molecule has 2 aliphatic rings. The minimum atomic E-state index is -2.30. The topological polar surface area (TPSA) is 0 Å². The third-order valence-corrected chi connectivity index (χ3v) is 20.0. The Morgan fingerprint density at radius 2 is 0.897 bits per heavy atom. The van der Waals surface area contributed by atoms with Crippen molar-refractivity contribution in [2.75, 3.05) is 0 Å². The van der Waals surface area contributed by atoms with Gasteiger partial charge in [-0.25, -0.2) is 0 Å². The molecule has 0 aliphatic heterocycles. The van der Waals surface area contributed by atoms with E-state index in [4.69, 9.17) is 23.2 Å². The molecule has 164 valence electrons. The van der Waals surface area contributed by atoms with Gasteiger partial charge in [-0.05, 0) is 23.0 Å². The van der Waals surface area contributed by atoms with E-state index in [0.29, 0.717) is 11.8 Å². The van der Waals surface area contributed by atoms with Crippen LogP contribution in [0.4, 0.5) is 0 Å². The summed E-state index contributed by atoms with van der Waals surface area (Å²) in [6.07, 6.45) is 9.70. The predicted octanol–water partition coefficient (Wildman–Crippen LogP) is 8.53. The van der Waals surface area contributed by atoms with E-state index in [9.17, 15) is 0 Å². The highest BCUT2D eigenvalue weighted by Crippen LogP contribution is 2.57. The first-order valence-corrected chi connectivity index (χ1v) is 21.8. The van der Waals surface area contributed by atoms with Crippen LogP contribution in [0.15, 0.2) is 45.8 Å². The molecule has 0 fully saturated rings. The molecule has 0 spiro atoms. The summed E-state index contributed by atoms with van der Waals surface area (Å²) in [6.45, 7) is 28.5. The maximum atomic E-state index is 7.79. The molecule has 0 aromatic carbocycles. The van der Waals surface area contributed by atoms with Gasteiger partial charge in [0.05, 0.1) is 25.1 Å². The second-order valence-electron chi connectivity index (χ2n) is 12.3. The molecule has 0 amide bonds. The van der Waals surface area contributed by atoms with Crippen LogP contribution in [0.25, 0.3) is 0 Å². The van der Waals surface area contributed by atoms with Crippen LogP contribution in [0.5, 0.6) is 0 Å². The molecule has 29 heavy (non-hydrogen) atoms. The molecule has 2 rings (SSSR count). The zero-order valence-corrected chi connectivity index (χ0v) is 25.2. The molecule has 2 unspecified atom stereocenters. The summed E-state index contributed by atoms with van der Waals surface area (Å²) in [6, 6.07) is 0. The molecule has 2 atom stereocenters. The van der Waals surface area contributed by atoms with E-state index in [1.807, 2.05) is 0 Å². The molecule has 0 nitrogen and oxygen atoms in total. The van der Waals surface area contributed by atoms with E-state index in [-0.39, 0.29) is 0 Å². The molecule has 0 heterocycles. The van der Waals surface area contributed by atoms with E-state index in [1.165, 1.54) is 21.5 Å². The van der Waals surface area contributed by atoms with E-state index < -0.39 is 33.2 Å². The van der Waals surface area contributed by atoms with Crippen molar-refractivity contribution in [1.29, 1.82) is 0 Å². The summed E-state index contributed by atoms with van der Waals surface area (Å²) in [5, 5.41) is 2.96. The Bertz CT molecular complexity index is 735. The summed E-state index contributed by atoms with van der Waals surface area (Å²) >= 11 is 15.6. The van der Waals surface area contributed by atoms with Crippen molar-refractivity contribution >= 4 is 47.4 Å². The highest BCUT2D eigenvalue weighted by atomic mass is 35.5. The maximum Gasteiger partial charge on any atom is 0.114 e. The molecule has 0 saturated heterocycles. The molecule has 0 N–H and O–H groups in total. The van der Waals surface area contributed by atoms with Crippen molar-refractivity contribution in [3.8, 4) is 0 Å². The highest BCUT2D eigenvalue weighted by Gasteiger charge is 2.63. The normalized spacial score (nSPS) is 28.7. The molecule has 0 bridgehead atoms. The lowest BCUT2D eigenvalue weighted by Crippen LogP contribution is -2.66. The van der Waals surface area contributed by atoms with Crippen LogP contribution in [-0.2, 0) is 0 Å². The molecule has 5 heteroatoms. The summed E-state index contributed by atoms with van der Waals surface area (Å²) < 4.78 is -0.860. The molecule has 0 aromatic rings. The van der Waals surface area contributed by atoms with Crippen molar-refractivity contribution in [2.24, 2.45) is 11.8 Å². The first kappa shape index (κ1) is 25.5. The van der Waals surface area contributed by atoms with Crippen molar-refractivity contribution in [3.63, 3.8) is 0 Å². The predicted molar refractivity (Wildman–Crippen MR) is 143 cm³/mol. The number of allylic oxidation sites excluding steroid dienone is 8. The van der Waals surface area contributed by atoms with Crippen LogP contribution >= 0.6 is 23.2 Å². The molecular formula is C24H42Cl2Si3. The molecule has 2 aliphatic carbocycles. The smallest absolute Gasteiger partial charge is 0.114 e. The van der Waals surface area contributed by atoms with Crippen LogP contribution in [-0.4, -0.2) is 33.2 Å². The molecule has 0 aromatic heterocycles. The Hall–Kier alpha value is 0.191. The zero-order valence-electron chi connectivity index (χ0n) is 20.7. The van der Waals surface area contributed by atoms with Crippen molar-refractivity contribution in [2.45, 2.75) is 89.1 Å². The lowest BCUT2D eigenvalue weighted by atomic mass is 10.1. The highest BCUT2D eigenvalue weighted by molar-refractivity contribution is 7.03.